The van der Waals surface area contributed by atoms with Gasteiger partial charge in [-0.05, 0) is 35.7 Å². The predicted octanol–water partition coefficient (Wildman–Crippen LogP) is 2.07. The number of ether oxygens (including phenoxy) is 2. The van der Waals surface area contributed by atoms with Crippen molar-refractivity contribution in [3.05, 3.63) is 59.2 Å². The number of carbonyl (C=O) groups excluding carboxylic acids is 2. The lowest BCUT2D eigenvalue weighted by molar-refractivity contribution is -0.309. The number of amides is 1. The Morgan fingerprint density at radius 1 is 1.19 bits per heavy atom. The van der Waals surface area contributed by atoms with Crippen molar-refractivity contribution in [2.45, 2.75) is 18.4 Å². The van der Waals surface area contributed by atoms with Gasteiger partial charge in [0.15, 0.2) is 11.5 Å². The van der Waals surface area contributed by atoms with E-state index in [0.717, 1.165) is 0 Å². The fourth-order valence-electron chi connectivity index (χ4n) is 3.79. The Morgan fingerprint density at radius 2 is 1.96 bits per heavy atom. The summed E-state index contributed by atoms with van der Waals surface area (Å²) < 4.78 is 10.8. The van der Waals surface area contributed by atoms with Crippen LogP contribution < -0.4 is 14.6 Å². The number of nitrogens with zero attached hydrogens (tertiary/aromatic N) is 1. The van der Waals surface area contributed by atoms with Crippen molar-refractivity contribution >= 4 is 23.5 Å². The van der Waals surface area contributed by atoms with Gasteiger partial charge in [0.05, 0.1) is 12.0 Å². The van der Waals surface area contributed by atoms with E-state index >= 15 is 0 Å². The minimum absolute atomic E-state index is 0.116. The quantitative estimate of drug-likeness (QED) is 0.735. The Kier molecular flexibility index (Phi) is 4.66. The highest BCUT2D eigenvalue weighted by atomic mass is 35.5. The second-order valence-corrected chi connectivity index (χ2v) is 6.86. The molecule has 0 spiro atoms. The standard InChI is InChI=1S/C20H18ClNO5/c21-8-3-9-22-18(12-6-7-15-16(10-12)27-11-26-15)17(20(24)25)13-4-1-2-5-14(13)19(22)23/h1-2,4-7,10,17-18H,3,8-9,11H2,(H,24,25)/p-1/t17-,18+/m0/s1. The van der Waals surface area contributed by atoms with E-state index in [4.69, 9.17) is 21.1 Å². The molecule has 0 fully saturated rings. The van der Waals surface area contributed by atoms with Crippen LogP contribution in [0.5, 0.6) is 11.5 Å². The molecule has 0 saturated heterocycles. The fraction of sp³-hybridized carbons (Fsp3) is 0.300. The summed E-state index contributed by atoms with van der Waals surface area (Å²) >= 11 is 5.83. The number of rotatable bonds is 5. The molecular formula is C20H17ClNO5-. The molecule has 0 saturated carbocycles. The molecule has 140 valence electrons. The van der Waals surface area contributed by atoms with E-state index in [1.54, 1.807) is 47.4 Å². The summed E-state index contributed by atoms with van der Waals surface area (Å²) in [4.78, 5) is 26.8. The van der Waals surface area contributed by atoms with Crippen molar-refractivity contribution < 1.29 is 24.2 Å². The number of aliphatic carboxylic acids is 1. The van der Waals surface area contributed by atoms with Gasteiger partial charge in [-0.2, -0.15) is 0 Å². The van der Waals surface area contributed by atoms with E-state index < -0.39 is 17.9 Å². The van der Waals surface area contributed by atoms with Crippen LogP contribution in [0.1, 0.15) is 39.9 Å². The van der Waals surface area contributed by atoms with E-state index in [2.05, 4.69) is 0 Å². The van der Waals surface area contributed by atoms with Crippen LogP contribution in [0.25, 0.3) is 0 Å². The van der Waals surface area contributed by atoms with Crippen molar-refractivity contribution in [2.75, 3.05) is 19.2 Å². The van der Waals surface area contributed by atoms with Crippen molar-refractivity contribution in [1.29, 1.82) is 0 Å². The molecule has 0 aromatic heterocycles. The topological polar surface area (TPSA) is 78.9 Å². The third-order valence-electron chi connectivity index (χ3n) is 4.96. The van der Waals surface area contributed by atoms with Crippen molar-refractivity contribution in [2.24, 2.45) is 0 Å². The molecule has 2 aromatic carbocycles. The maximum atomic E-state index is 13.1. The first kappa shape index (κ1) is 17.7. The normalized spacial score (nSPS) is 20.5. The molecule has 0 N–H and O–H groups in total. The summed E-state index contributed by atoms with van der Waals surface area (Å²) in [5.74, 6) is -0.930. The molecule has 6 nitrogen and oxygen atoms in total. The maximum Gasteiger partial charge on any atom is 0.254 e. The molecule has 0 radical (unpaired) electrons. The lowest BCUT2D eigenvalue weighted by Gasteiger charge is -2.43. The summed E-state index contributed by atoms with van der Waals surface area (Å²) in [6, 6.07) is 11.3. The van der Waals surface area contributed by atoms with Crippen LogP contribution in [0.4, 0.5) is 0 Å². The highest BCUT2D eigenvalue weighted by Crippen LogP contribution is 2.45. The summed E-state index contributed by atoms with van der Waals surface area (Å²) in [5, 5.41) is 12.1. The zero-order chi connectivity index (χ0) is 19.0. The smallest absolute Gasteiger partial charge is 0.254 e. The third kappa shape index (κ3) is 3.00. The molecule has 2 aliphatic heterocycles. The predicted molar refractivity (Wildman–Crippen MR) is 95.9 cm³/mol. The van der Waals surface area contributed by atoms with Crippen LogP contribution in [0, 0.1) is 0 Å². The van der Waals surface area contributed by atoms with Gasteiger partial charge < -0.3 is 24.3 Å². The van der Waals surface area contributed by atoms with Gasteiger partial charge in [-0.25, -0.2) is 0 Å². The Morgan fingerprint density at radius 3 is 2.74 bits per heavy atom. The summed E-state index contributed by atoms with van der Waals surface area (Å²) in [6.07, 6.45) is 0.552. The van der Waals surface area contributed by atoms with Gasteiger partial charge in [-0.3, -0.25) is 4.79 Å². The number of alkyl halides is 1. The van der Waals surface area contributed by atoms with Crippen molar-refractivity contribution in [3.8, 4) is 11.5 Å². The number of fused-ring (bicyclic) bond motifs is 2. The Hall–Kier alpha value is -2.73. The van der Waals surface area contributed by atoms with Gasteiger partial charge in [-0.15, -0.1) is 11.6 Å². The average Bonchev–Trinajstić information content (AvgIpc) is 3.14. The second kappa shape index (κ2) is 7.12. The fourth-order valence-corrected chi connectivity index (χ4v) is 3.91. The minimum Gasteiger partial charge on any atom is -0.549 e. The molecule has 2 atom stereocenters. The van der Waals surface area contributed by atoms with Crippen LogP contribution >= 0.6 is 11.6 Å². The number of benzene rings is 2. The van der Waals surface area contributed by atoms with Gasteiger partial charge in [-0.1, -0.05) is 24.3 Å². The molecular weight excluding hydrogens is 370 g/mol. The van der Waals surface area contributed by atoms with E-state index in [1.807, 2.05) is 0 Å². The minimum atomic E-state index is -1.23. The van der Waals surface area contributed by atoms with Gasteiger partial charge in [0, 0.05) is 23.9 Å². The van der Waals surface area contributed by atoms with E-state index in [0.29, 0.717) is 47.0 Å². The van der Waals surface area contributed by atoms with Crippen molar-refractivity contribution in [3.63, 3.8) is 0 Å². The highest BCUT2D eigenvalue weighted by molar-refractivity contribution is 6.17. The van der Waals surface area contributed by atoms with Crippen molar-refractivity contribution in [1.82, 2.24) is 4.90 Å². The average molecular weight is 387 g/mol. The SMILES string of the molecule is O=C([O-])[C@H]1c2ccccc2C(=O)N(CCCCl)[C@@H]1c1ccc2c(c1)OCO2. The lowest BCUT2D eigenvalue weighted by Crippen LogP contribution is -2.48. The Labute approximate surface area is 161 Å². The number of carboxylic acid groups (broad SMARTS) is 1. The molecule has 0 aliphatic carbocycles. The first-order valence-electron chi connectivity index (χ1n) is 8.68. The molecule has 4 rings (SSSR count). The Balaban J connectivity index is 1.86. The summed E-state index contributed by atoms with van der Waals surface area (Å²) in [6.45, 7) is 0.463. The zero-order valence-electron chi connectivity index (χ0n) is 14.4. The molecule has 2 heterocycles. The van der Waals surface area contributed by atoms with Crippen LogP contribution in [0.2, 0.25) is 0 Å². The molecule has 2 aromatic rings. The molecule has 27 heavy (non-hydrogen) atoms. The zero-order valence-corrected chi connectivity index (χ0v) is 15.1. The summed E-state index contributed by atoms with van der Waals surface area (Å²) in [7, 11) is 0. The molecule has 7 heteroatoms. The number of halogens is 1. The molecule has 1 amide bonds. The maximum absolute atomic E-state index is 13.1. The first-order valence-corrected chi connectivity index (χ1v) is 9.21. The largest absolute Gasteiger partial charge is 0.549 e. The number of carbonyl (C=O) groups is 2. The van der Waals surface area contributed by atoms with E-state index in [-0.39, 0.29) is 12.7 Å². The Bertz CT molecular complexity index is 900. The van der Waals surface area contributed by atoms with E-state index in [1.165, 1.54) is 0 Å². The van der Waals surface area contributed by atoms with Crippen LogP contribution in [-0.4, -0.2) is 36.0 Å². The number of carboxylic acids is 1. The van der Waals surface area contributed by atoms with Crippen LogP contribution in [0.15, 0.2) is 42.5 Å². The highest BCUT2D eigenvalue weighted by Gasteiger charge is 2.41. The lowest BCUT2D eigenvalue weighted by atomic mass is 9.79. The number of hydrogen-bond donors (Lipinski definition) is 0. The molecule has 2 aliphatic rings. The molecule has 0 bridgehead atoms. The third-order valence-corrected chi connectivity index (χ3v) is 5.23. The second-order valence-electron chi connectivity index (χ2n) is 6.48. The molecule has 0 unspecified atom stereocenters. The first-order chi connectivity index (χ1) is 13.1. The van der Waals surface area contributed by atoms with Gasteiger partial charge in [0.1, 0.15) is 0 Å². The summed E-state index contributed by atoms with van der Waals surface area (Å²) in [5.41, 5.74) is 1.51. The van der Waals surface area contributed by atoms with E-state index in [9.17, 15) is 14.7 Å². The van der Waals surface area contributed by atoms with Gasteiger partial charge >= 0.3 is 0 Å². The number of hydrogen-bond acceptors (Lipinski definition) is 5. The van der Waals surface area contributed by atoms with Crippen LogP contribution in [-0.2, 0) is 4.79 Å². The van der Waals surface area contributed by atoms with Gasteiger partial charge in [0.25, 0.3) is 5.91 Å². The van der Waals surface area contributed by atoms with Gasteiger partial charge in [0.2, 0.25) is 6.79 Å². The monoisotopic (exact) mass is 386 g/mol. The van der Waals surface area contributed by atoms with Crippen LogP contribution in [0.3, 0.4) is 0 Å².